The number of benzene rings is 2. The molecule has 0 radical (unpaired) electrons. The van der Waals surface area contributed by atoms with E-state index >= 15 is 4.39 Å². The molecule has 1 unspecified atom stereocenters. The molecule has 2 aromatic carbocycles. The highest BCUT2D eigenvalue weighted by atomic mass is 32.1. The Morgan fingerprint density at radius 2 is 1.76 bits per heavy atom. The Bertz CT molecular complexity index is 1760. The number of fused-ring (bicyclic) bond motifs is 2. The van der Waals surface area contributed by atoms with Crippen molar-refractivity contribution in [3.63, 3.8) is 0 Å². The van der Waals surface area contributed by atoms with Gasteiger partial charge in [0, 0.05) is 23.8 Å². The summed E-state index contributed by atoms with van der Waals surface area (Å²) in [5.41, 5.74) is 4.16. The number of carbonyl (C=O) groups is 1. The van der Waals surface area contributed by atoms with Crippen LogP contribution in [0.4, 0.5) is 14.9 Å². The van der Waals surface area contributed by atoms with Crippen LogP contribution in [-0.2, 0) is 4.74 Å². The maximum atomic E-state index is 15.3. The lowest BCUT2D eigenvalue weighted by Crippen LogP contribution is -2.39. The summed E-state index contributed by atoms with van der Waals surface area (Å²) in [7, 11) is 3.06. The SMILES string of the molecule is COc1ccc(NC(=O)O[C@@H]2CCCCC2Oc2cc3sc(-c4cc(C)cc5nc(OC)cnc45)nc3cc2F)cn1. The predicted molar refractivity (Wildman–Crippen MR) is 157 cm³/mol. The van der Waals surface area contributed by atoms with Gasteiger partial charge < -0.3 is 18.9 Å². The third kappa shape index (κ3) is 5.75. The number of thiazole rings is 1. The Hall–Kier alpha value is -4.58. The number of carbonyl (C=O) groups excluding carboxylic acids is 1. The number of halogens is 1. The van der Waals surface area contributed by atoms with Crippen molar-refractivity contribution in [2.24, 2.45) is 0 Å². The number of pyridine rings is 1. The van der Waals surface area contributed by atoms with Crippen molar-refractivity contribution in [2.75, 3.05) is 19.5 Å². The lowest BCUT2D eigenvalue weighted by Gasteiger charge is -2.31. The van der Waals surface area contributed by atoms with Gasteiger partial charge in [0.2, 0.25) is 11.8 Å². The number of nitrogens with one attached hydrogen (secondary N) is 1. The van der Waals surface area contributed by atoms with Gasteiger partial charge in [0.15, 0.2) is 11.6 Å². The van der Waals surface area contributed by atoms with E-state index in [1.165, 1.54) is 30.7 Å². The highest BCUT2D eigenvalue weighted by Gasteiger charge is 2.31. The monoisotopic (exact) mass is 589 g/mol. The number of ether oxygens (including phenoxy) is 4. The Balaban J connectivity index is 1.22. The molecule has 216 valence electrons. The van der Waals surface area contributed by atoms with Crippen molar-refractivity contribution in [1.82, 2.24) is 19.9 Å². The number of nitrogens with zero attached hydrogens (tertiary/aromatic N) is 4. The quantitative estimate of drug-likeness (QED) is 0.221. The number of rotatable bonds is 7. The predicted octanol–water partition coefficient (Wildman–Crippen LogP) is 6.70. The van der Waals surface area contributed by atoms with Gasteiger partial charge in [-0.2, -0.15) is 0 Å². The van der Waals surface area contributed by atoms with Gasteiger partial charge in [0.05, 0.1) is 53.6 Å². The maximum Gasteiger partial charge on any atom is 0.412 e. The maximum absolute atomic E-state index is 15.3. The molecule has 1 amide bonds. The first kappa shape index (κ1) is 27.6. The molecule has 3 heterocycles. The van der Waals surface area contributed by atoms with Crippen molar-refractivity contribution in [3.8, 4) is 28.1 Å². The molecule has 5 aromatic rings. The van der Waals surface area contributed by atoms with Crippen molar-refractivity contribution in [1.29, 1.82) is 0 Å². The average Bonchev–Trinajstić information content (AvgIpc) is 3.40. The second kappa shape index (κ2) is 11.7. The minimum absolute atomic E-state index is 0.0941. The first-order chi connectivity index (χ1) is 20.4. The Morgan fingerprint density at radius 3 is 2.52 bits per heavy atom. The largest absolute Gasteiger partial charge is 0.483 e. The van der Waals surface area contributed by atoms with Gasteiger partial charge in [0.25, 0.3) is 0 Å². The smallest absolute Gasteiger partial charge is 0.412 e. The van der Waals surface area contributed by atoms with Gasteiger partial charge in [-0.05, 0) is 56.4 Å². The molecule has 1 saturated carbocycles. The molecule has 1 aliphatic rings. The van der Waals surface area contributed by atoms with E-state index in [9.17, 15) is 4.79 Å². The van der Waals surface area contributed by atoms with Crippen LogP contribution in [-0.4, -0.2) is 52.5 Å². The fourth-order valence-electron chi connectivity index (χ4n) is 5.00. The highest BCUT2D eigenvalue weighted by Crippen LogP contribution is 2.38. The van der Waals surface area contributed by atoms with Crippen LogP contribution in [0.1, 0.15) is 31.2 Å². The Kier molecular flexibility index (Phi) is 7.70. The molecule has 0 spiro atoms. The van der Waals surface area contributed by atoms with Crippen molar-refractivity contribution < 1.29 is 28.1 Å². The normalized spacial score (nSPS) is 16.8. The van der Waals surface area contributed by atoms with Gasteiger partial charge in [0.1, 0.15) is 17.2 Å². The van der Waals surface area contributed by atoms with Crippen molar-refractivity contribution in [3.05, 3.63) is 60.2 Å². The molecule has 0 bridgehead atoms. The second-order valence-corrected chi connectivity index (χ2v) is 11.0. The van der Waals surface area contributed by atoms with Crippen LogP contribution in [0, 0.1) is 12.7 Å². The fraction of sp³-hybridized carbons (Fsp3) is 0.300. The number of hydrogen-bond acceptors (Lipinski definition) is 10. The number of hydrogen-bond donors (Lipinski definition) is 1. The van der Waals surface area contributed by atoms with Crippen LogP contribution in [0.3, 0.4) is 0 Å². The van der Waals surface area contributed by atoms with E-state index < -0.39 is 24.1 Å². The molecule has 6 rings (SSSR count). The van der Waals surface area contributed by atoms with Gasteiger partial charge >= 0.3 is 6.09 Å². The molecule has 0 saturated heterocycles. The number of aryl methyl sites for hydroxylation is 1. The molecule has 1 N–H and O–H groups in total. The zero-order valence-corrected chi connectivity index (χ0v) is 24.0. The van der Waals surface area contributed by atoms with Gasteiger partial charge in [-0.3, -0.25) is 5.32 Å². The van der Waals surface area contributed by atoms with Gasteiger partial charge in [-0.15, -0.1) is 11.3 Å². The lowest BCUT2D eigenvalue weighted by molar-refractivity contribution is -0.00440. The molecule has 3 aromatic heterocycles. The summed E-state index contributed by atoms with van der Waals surface area (Å²) in [5, 5.41) is 3.36. The topological polar surface area (TPSA) is 118 Å². The molecular formula is C30H28FN5O5S. The molecule has 1 fully saturated rings. The van der Waals surface area contributed by atoms with E-state index in [1.807, 2.05) is 19.1 Å². The fourth-order valence-corrected chi connectivity index (χ4v) is 5.99. The van der Waals surface area contributed by atoms with E-state index in [0.29, 0.717) is 51.8 Å². The Morgan fingerprint density at radius 1 is 0.952 bits per heavy atom. The van der Waals surface area contributed by atoms with Crippen molar-refractivity contribution >= 4 is 44.4 Å². The number of aromatic nitrogens is 4. The summed E-state index contributed by atoms with van der Waals surface area (Å²) in [6, 6.07) is 10.3. The lowest BCUT2D eigenvalue weighted by atomic mass is 9.94. The van der Waals surface area contributed by atoms with E-state index in [0.717, 1.165) is 28.7 Å². The first-order valence-electron chi connectivity index (χ1n) is 13.5. The van der Waals surface area contributed by atoms with Crippen LogP contribution in [0.5, 0.6) is 17.5 Å². The van der Waals surface area contributed by atoms with E-state index in [-0.39, 0.29) is 5.75 Å². The third-order valence-electron chi connectivity index (χ3n) is 7.02. The molecule has 42 heavy (non-hydrogen) atoms. The van der Waals surface area contributed by atoms with Crippen LogP contribution >= 0.6 is 11.3 Å². The number of methoxy groups -OCH3 is 2. The van der Waals surface area contributed by atoms with Crippen molar-refractivity contribution in [2.45, 2.75) is 44.8 Å². The summed E-state index contributed by atoms with van der Waals surface area (Å²) < 4.78 is 38.2. The summed E-state index contributed by atoms with van der Waals surface area (Å²) in [6.07, 6.45) is 4.38. The molecule has 1 aliphatic carbocycles. The molecule has 10 nitrogen and oxygen atoms in total. The Labute approximate surface area is 244 Å². The zero-order chi connectivity index (χ0) is 29.2. The summed E-state index contributed by atoms with van der Waals surface area (Å²) in [4.78, 5) is 30.5. The van der Waals surface area contributed by atoms with Crippen LogP contribution in [0.15, 0.2) is 48.8 Å². The summed E-state index contributed by atoms with van der Waals surface area (Å²) in [6.45, 7) is 1.97. The zero-order valence-electron chi connectivity index (χ0n) is 23.2. The van der Waals surface area contributed by atoms with E-state index in [2.05, 4.69) is 20.3 Å². The average molecular weight is 590 g/mol. The first-order valence-corrected chi connectivity index (χ1v) is 14.3. The molecule has 2 atom stereocenters. The number of amides is 1. The van der Waals surface area contributed by atoms with Gasteiger partial charge in [-0.25, -0.2) is 29.1 Å². The highest BCUT2D eigenvalue weighted by molar-refractivity contribution is 7.21. The minimum atomic E-state index is -0.628. The van der Waals surface area contributed by atoms with Crippen LogP contribution in [0.25, 0.3) is 31.8 Å². The van der Waals surface area contributed by atoms with Gasteiger partial charge in [-0.1, -0.05) is 0 Å². The minimum Gasteiger partial charge on any atom is -0.483 e. The standard InChI is InChI=1S/C30H28FN5O5S/c1-16-10-18(28-21(11-16)35-27(39-3)15-33-28)29-36-20-12-19(31)24(13-25(20)42-29)40-22-6-4-5-7-23(22)41-30(37)34-17-8-9-26(38-2)32-14-17/h8-15,22-23H,4-7H2,1-3H3,(H,34,37)/t22?,23-/m1/s1. The van der Waals surface area contributed by atoms with Crippen LogP contribution in [0.2, 0.25) is 0 Å². The molecule has 12 heteroatoms. The summed E-state index contributed by atoms with van der Waals surface area (Å²) >= 11 is 1.42. The third-order valence-corrected chi connectivity index (χ3v) is 8.07. The molecule has 0 aliphatic heterocycles. The van der Waals surface area contributed by atoms with Crippen LogP contribution < -0.4 is 19.5 Å². The second-order valence-electron chi connectivity index (χ2n) is 9.96. The van der Waals surface area contributed by atoms with E-state index in [1.54, 1.807) is 31.5 Å². The van der Waals surface area contributed by atoms with E-state index in [4.69, 9.17) is 23.9 Å². The summed E-state index contributed by atoms with van der Waals surface area (Å²) in [5.74, 6) is 0.420. The molecular weight excluding hydrogens is 561 g/mol. The number of anilines is 1.